The quantitative estimate of drug-likeness (QED) is 0.605. The molecule has 0 aliphatic heterocycles. The normalized spacial score (nSPS) is 10.5. The van der Waals surface area contributed by atoms with E-state index >= 15 is 0 Å². The van der Waals surface area contributed by atoms with Gasteiger partial charge in [-0.1, -0.05) is 0 Å². The summed E-state index contributed by atoms with van der Waals surface area (Å²) in [6, 6.07) is 9.77. The van der Waals surface area contributed by atoms with Gasteiger partial charge in [-0.3, -0.25) is 4.79 Å². The van der Waals surface area contributed by atoms with Crippen LogP contribution in [-0.2, 0) is 0 Å². The first-order valence-electron chi connectivity index (χ1n) is 5.37. The number of aryl methyl sites for hydroxylation is 2. The summed E-state index contributed by atoms with van der Waals surface area (Å²) in [5.41, 5.74) is 1.60. The minimum absolute atomic E-state index is 0.125. The molecule has 0 unspecified atom stereocenters. The molecule has 0 saturated heterocycles. The van der Waals surface area contributed by atoms with E-state index in [1.54, 1.807) is 23.1 Å². The average molecular weight is 262 g/mol. The minimum atomic E-state index is 0.125. The van der Waals surface area contributed by atoms with E-state index in [0.717, 1.165) is 16.0 Å². The maximum atomic E-state index is 12.3. The van der Waals surface area contributed by atoms with Gasteiger partial charge in [0, 0.05) is 25.8 Å². The molecule has 3 heteroatoms. The molecule has 88 valence electrons. The van der Waals surface area contributed by atoms with Crippen molar-refractivity contribution < 1.29 is 4.79 Å². The highest BCUT2D eigenvalue weighted by Crippen LogP contribution is 2.24. The summed E-state index contributed by atoms with van der Waals surface area (Å²) in [6.07, 6.45) is 2.03. The molecule has 2 aromatic rings. The predicted octanol–water partition coefficient (Wildman–Crippen LogP) is 4.32. The van der Waals surface area contributed by atoms with Gasteiger partial charge in [0.05, 0.1) is 0 Å². The van der Waals surface area contributed by atoms with Crippen molar-refractivity contribution >= 4 is 28.9 Å². The van der Waals surface area contributed by atoms with Crippen LogP contribution in [0.4, 0.5) is 0 Å². The van der Waals surface area contributed by atoms with Gasteiger partial charge in [-0.15, -0.1) is 23.1 Å². The Hall–Kier alpha value is -1.06. The van der Waals surface area contributed by atoms with Gasteiger partial charge in [0.1, 0.15) is 0 Å². The Kier molecular flexibility index (Phi) is 3.69. The lowest BCUT2D eigenvalue weighted by atomic mass is 10.0. The number of thiophene rings is 1. The Morgan fingerprint density at radius 2 is 1.82 bits per heavy atom. The van der Waals surface area contributed by atoms with Gasteiger partial charge in [0.25, 0.3) is 0 Å². The number of carbonyl (C=O) groups is 1. The van der Waals surface area contributed by atoms with Crippen molar-refractivity contribution in [3.63, 3.8) is 0 Å². The molecule has 1 aromatic carbocycles. The zero-order valence-electron chi connectivity index (χ0n) is 10.1. The van der Waals surface area contributed by atoms with Crippen molar-refractivity contribution in [2.75, 3.05) is 6.26 Å². The number of rotatable bonds is 3. The van der Waals surface area contributed by atoms with Crippen LogP contribution in [-0.4, -0.2) is 12.0 Å². The van der Waals surface area contributed by atoms with Gasteiger partial charge < -0.3 is 0 Å². The summed E-state index contributed by atoms with van der Waals surface area (Å²) >= 11 is 3.36. The van der Waals surface area contributed by atoms with E-state index in [1.807, 2.05) is 50.4 Å². The third kappa shape index (κ3) is 2.61. The lowest BCUT2D eigenvalue weighted by Crippen LogP contribution is -2.00. The summed E-state index contributed by atoms with van der Waals surface area (Å²) in [4.78, 5) is 15.7. The van der Waals surface area contributed by atoms with Crippen LogP contribution in [0.3, 0.4) is 0 Å². The molecule has 0 bridgehead atoms. The molecule has 2 rings (SSSR count). The standard InChI is InChI=1S/C14H14OS2/c1-9-8-13(10(2)17-9)14(15)11-4-6-12(16-3)7-5-11/h4-8H,1-3H3. The second kappa shape index (κ2) is 5.07. The fraction of sp³-hybridized carbons (Fsp3) is 0.214. The Balaban J connectivity index is 2.33. The summed E-state index contributed by atoms with van der Waals surface area (Å²) in [5, 5.41) is 0. The van der Waals surface area contributed by atoms with Crippen LogP contribution in [0.2, 0.25) is 0 Å². The minimum Gasteiger partial charge on any atom is -0.289 e. The first kappa shape index (κ1) is 12.4. The summed E-state index contributed by atoms with van der Waals surface area (Å²) in [6.45, 7) is 4.03. The molecule has 0 saturated carbocycles. The van der Waals surface area contributed by atoms with Crippen molar-refractivity contribution in [3.05, 3.63) is 51.2 Å². The Morgan fingerprint density at radius 1 is 1.18 bits per heavy atom. The molecule has 0 radical (unpaired) electrons. The van der Waals surface area contributed by atoms with Crippen molar-refractivity contribution in [2.24, 2.45) is 0 Å². The number of thioether (sulfide) groups is 1. The Bertz CT molecular complexity index is 538. The summed E-state index contributed by atoms with van der Waals surface area (Å²) < 4.78 is 0. The van der Waals surface area contributed by atoms with Gasteiger partial charge in [-0.25, -0.2) is 0 Å². The molecule has 0 aliphatic carbocycles. The van der Waals surface area contributed by atoms with Crippen molar-refractivity contribution in [2.45, 2.75) is 18.7 Å². The van der Waals surface area contributed by atoms with Crippen molar-refractivity contribution in [3.8, 4) is 0 Å². The number of hydrogen-bond donors (Lipinski definition) is 0. The Labute approximate surface area is 110 Å². The largest absolute Gasteiger partial charge is 0.289 e. The second-order valence-electron chi connectivity index (χ2n) is 3.88. The maximum Gasteiger partial charge on any atom is 0.194 e. The molecule has 0 aliphatic rings. The highest BCUT2D eigenvalue weighted by Gasteiger charge is 2.13. The van der Waals surface area contributed by atoms with E-state index in [9.17, 15) is 4.79 Å². The van der Waals surface area contributed by atoms with Crippen LogP contribution in [0, 0.1) is 13.8 Å². The van der Waals surface area contributed by atoms with Gasteiger partial charge >= 0.3 is 0 Å². The van der Waals surface area contributed by atoms with E-state index in [-0.39, 0.29) is 5.78 Å². The molecule has 17 heavy (non-hydrogen) atoms. The predicted molar refractivity (Wildman–Crippen MR) is 75.4 cm³/mol. The average Bonchev–Trinajstić information content (AvgIpc) is 2.68. The van der Waals surface area contributed by atoms with E-state index < -0.39 is 0 Å². The first-order chi connectivity index (χ1) is 8.11. The molecular weight excluding hydrogens is 248 g/mol. The van der Waals surface area contributed by atoms with Crippen LogP contribution in [0.15, 0.2) is 35.2 Å². The topological polar surface area (TPSA) is 17.1 Å². The summed E-state index contributed by atoms with van der Waals surface area (Å²) in [7, 11) is 0. The lowest BCUT2D eigenvalue weighted by Gasteiger charge is -2.01. The second-order valence-corrected chi connectivity index (χ2v) is 6.22. The van der Waals surface area contributed by atoms with Crippen LogP contribution in [0.5, 0.6) is 0 Å². The SMILES string of the molecule is CSc1ccc(C(=O)c2cc(C)sc2C)cc1. The van der Waals surface area contributed by atoms with Crippen LogP contribution < -0.4 is 0 Å². The smallest absolute Gasteiger partial charge is 0.194 e. The maximum absolute atomic E-state index is 12.3. The molecule has 1 heterocycles. The van der Waals surface area contributed by atoms with Gasteiger partial charge in [0.15, 0.2) is 5.78 Å². The fourth-order valence-electron chi connectivity index (χ4n) is 1.75. The van der Waals surface area contributed by atoms with E-state index in [1.165, 1.54) is 9.77 Å². The van der Waals surface area contributed by atoms with Crippen molar-refractivity contribution in [1.29, 1.82) is 0 Å². The molecule has 0 fully saturated rings. The van der Waals surface area contributed by atoms with Gasteiger partial charge in [0.2, 0.25) is 0 Å². The Morgan fingerprint density at radius 3 is 2.29 bits per heavy atom. The molecule has 1 nitrogen and oxygen atoms in total. The number of benzene rings is 1. The van der Waals surface area contributed by atoms with E-state index in [4.69, 9.17) is 0 Å². The molecular formula is C14H14OS2. The third-order valence-electron chi connectivity index (χ3n) is 2.64. The van der Waals surface area contributed by atoms with E-state index in [2.05, 4.69) is 0 Å². The molecule has 1 aromatic heterocycles. The monoisotopic (exact) mass is 262 g/mol. The third-order valence-corrected chi connectivity index (χ3v) is 4.35. The molecule has 0 spiro atoms. The highest BCUT2D eigenvalue weighted by molar-refractivity contribution is 7.98. The molecule has 0 N–H and O–H groups in total. The molecule has 0 amide bonds. The van der Waals surface area contributed by atoms with Crippen LogP contribution >= 0.6 is 23.1 Å². The first-order valence-corrected chi connectivity index (χ1v) is 7.41. The van der Waals surface area contributed by atoms with Crippen LogP contribution in [0.1, 0.15) is 25.7 Å². The van der Waals surface area contributed by atoms with Crippen molar-refractivity contribution in [1.82, 2.24) is 0 Å². The van der Waals surface area contributed by atoms with Gasteiger partial charge in [-0.2, -0.15) is 0 Å². The lowest BCUT2D eigenvalue weighted by molar-refractivity contribution is 0.103. The molecule has 0 atom stereocenters. The zero-order chi connectivity index (χ0) is 12.4. The summed E-state index contributed by atoms with van der Waals surface area (Å²) in [5.74, 6) is 0.125. The fourth-order valence-corrected chi connectivity index (χ4v) is 3.08. The zero-order valence-corrected chi connectivity index (χ0v) is 11.7. The highest BCUT2D eigenvalue weighted by atomic mass is 32.2. The number of hydrogen-bond acceptors (Lipinski definition) is 3. The van der Waals surface area contributed by atoms with Crippen LogP contribution in [0.25, 0.3) is 0 Å². The van der Waals surface area contributed by atoms with Gasteiger partial charge in [-0.05, 0) is 50.4 Å². The number of carbonyl (C=O) groups excluding carboxylic acids is 1. The number of ketones is 1. The van der Waals surface area contributed by atoms with E-state index in [0.29, 0.717) is 0 Å².